The Morgan fingerprint density at radius 3 is 2.24 bits per heavy atom. The number of nitrogens with one attached hydrogen (secondary N) is 2. The van der Waals surface area contributed by atoms with Gasteiger partial charge in [-0.3, -0.25) is 14.6 Å². The Morgan fingerprint density at radius 1 is 1.00 bits per heavy atom. The maximum absolute atomic E-state index is 12.6. The quantitative estimate of drug-likeness (QED) is 0.830. The second kappa shape index (κ2) is 8.62. The fourth-order valence-electron chi connectivity index (χ4n) is 2.37. The number of rotatable bonds is 6. The van der Waals surface area contributed by atoms with E-state index in [2.05, 4.69) is 15.6 Å². The van der Waals surface area contributed by atoms with Crippen LogP contribution in [0.4, 0.5) is 0 Å². The zero-order valence-corrected chi connectivity index (χ0v) is 15.2. The lowest BCUT2D eigenvalue weighted by Gasteiger charge is -2.24. The van der Waals surface area contributed by atoms with Gasteiger partial charge in [-0.15, -0.1) is 0 Å². The van der Waals surface area contributed by atoms with Gasteiger partial charge in [0.1, 0.15) is 6.04 Å². The fraction of sp³-hybridized carbons (Fsp3) is 0.316. The number of halogens is 1. The molecule has 2 rings (SSSR count). The number of carbonyl (C=O) groups excluding carboxylic acids is 2. The van der Waals surface area contributed by atoms with Crippen LogP contribution in [0.1, 0.15) is 42.9 Å². The molecule has 2 unspecified atom stereocenters. The Kier molecular flexibility index (Phi) is 6.53. The zero-order chi connectivity index (χ0) is 18.4. The van der Waals surface area contributed by atoms with Crippen molar-refractivity contribution in [2.45, 2.75) is 32.9 Å². The number of benzene rings is 1. The van der Waals surface area contributed by atoms with Crippen LogP contribution in [0.25, 0.3) is 0 Å². The number of aromatic nitrogens is 1. The van der Waals surface area contributed by atoms with E-state index in [-0.39, 0.29) is 23.8 Å². The second-order valence-corrected chi connectivity index (χ2v) is 6.62. The van der Waals surface area contributed by atoms with Crippen LogP contribution in [-0.4, -0.2) is 22.8 Å². The summed E-state index contributed by atoms with van der Waals surface area (Å²) in [5.74, 6) is -0.612. The lowest BCUT2D eigenvalue weighted by atomic mass is 10.0. The molecule has 1 aromatic heterocycles. The Hall–Kier alpha value is -2.40. The van der Waals surface area contributed by atoms with Crippen LogP contribution in [0, 0.1) is 5.92 Å². The SMILES string of the molecule is CC(NC(=O)C(NC(=O)c1ccc(Cl)cc1)C(C)C)c1ccccn1. The molecule has 25 heavy (non-hydrogen) atoms. The van der Waals surface area contributed by atoms with Crippen LogP contribution in [0.2, 0.25) is 5.02 Å². The molecule has 132 valence electrons. The molecule has 0 fully saturated rings. The van der Waals surface area contributed by atoms with E-state index in [0.717, 1.165) is 5.69 Å². The monoisotopic (exact) mass is 359 g/mol. The molecular weight excluding hydrogens is 338 g/mol. The first kappa shape index (κ1) is 18.9. The molecule has 2 atom stereocenters. The van der Waals surface area contributed by atoms with Crippen molar-refractivity contribution in [3.8, 4) is 0 Å². The third-order valence-electron chi connectivity index (χ3n) is 3.83. The summed E-state index contributed by atoms with van der Waals surface area (Å²) < 4.78 is 0. The van der Waals surface area contributed by atoms with E-state index in [1.807, 2.05) is 39.0 Å². The summed E-state index contributed by atoms with van der Waals surface area (Å²) in [6.07, 6.45) is 1.68. The van der Waals surface area contributed by atoms with Crippen molar-refractivity contribution in [3.05, 3.63) is 64.9 Å². The molecule has 0 bridgehead atoms. The number of hydrogen-bond acceptors (Lipinski definition) is 3. The Bertz CT molecular complexity index is 717. The number of nitrogens with zero attached hydrogens (tertiary/aromatic N) is 1. The first-order valence-electron chi connectivity index (χ1n) is 8.16. The predicted molar refractivity (Wildman–Crippen MR) is 98.3 cm³/mol. The van der Waals surface area contributed by atoms with Crippen molar-refractivity contribution < 1.29 is 9.59 Å². The molecule has 6 heteroatoms. The number of pyridine rings is 1. The van der Waals surface area contributed by atoms with E-state index in [0.29, 0.717) is 10.6 Å². The normalized spacial score (nSPS) is 13.2. The van der Waals surface area contributed by atoms with Crippen molar-refractivity contribution in [2.24, 2.45) is 5.92 Å². The fourth-order valence-corrected chi connectivity index (χ4v) is 2.50. The van der Waals surface area contributed by atoms with Crippen LogP contribution >= 0.6 is 11.6 Å². The van der Waals surface area contributed by atoms with Crippen molar-refractivity contribution in [1.82, 2.24) is 15.6 Å². The van der Waals surface area contributed by atoms with Crippen molar-refractivity contribution >= 4 is 23.4 Å². The summed E-state index contributed by atoms with van der Waals surface area (Å²) in [4.78, 5) is 29.2. The lowest BCUT2D eigenvalue weighted by Crippen LogP contribution is -2.50. The minimum atomic E-state index is -0.644. The van der Waals surface area contributed by atoms with Gasteiger partial charge in [0.2, 0.25) is 5.91 Å². The summed E-state index contributed by atoms with van der Waals surface area (Å²) >= 11 is 5.84. The molecule has 0 aliphatic carbocycles. The molecular formula is C19H22ClN3O2. The highest BCUT2D eigenvalue weighted by atomic mass is 35.5. The molecule has 2 aromatic rings. The van der Waals surface area contributed by atoms with E-state index < -0.39 is 6.04 Å². The van der Waals surface area contributed by atoms with Gasteiger partial charge in [0.05, 0.1) is 11.7 Å². The molecule has 0 aliphatic rings. The van der Waals surface area contributed by atoms with Crippen LogP contribution in [0.3, 0.4) is 0 Å². The summed E-state index contributed by atoms with van der Waals surface area (Å²) in [5.41, 5.74) is 1.23. The average molecular weight is 360 g/mol. The molecule has 0 saturated heterocycles. The summed E-state index contributed by atoms with van der Waals surface area (Å²) in [7, 11) is 0. The molecule has 1 heterocycles. The van der Waals surface area contributed by atoms with Crippen molar-refractivity contribution in [3.63, 3.8) is 0 Å². The van der Waals surface area contributed by atoms with E-state index in [1.165, 1.54) is 0 Å². The Morgan fingerprint density at radius 2 is 1.68 bits per heavy atom. The zero-order valence-electron chi connectivity index (χ0n) is 14.5. The largest absolute Gasteiger partial charge is 0.346 e. The number of hydrogen-bond donors (Lipinski definition) is 2. The van der Waals surface area contributed by atoms with Gasteiger partial charge in [-0.2, -0.15) is 0 Å². The van der Waals surface area contributed by atoms with E-state index in [1.54, 1.807) is 30.5 Å². The molecule has 0 radical (unpaired) electrons. The Labute approximate surface area is 152 Å². The van der Waals surface area contributed by atoms with Gasteiger partial charge in [0, 0.05) is 16.8 Å². The highest BCUT2D eigenvalue weighted by molar-refractivity contribution is 6.30. The minimum absolute atomic E-state index is 0.0628. The summed E-state index contributed by atoms with van der Waals surface area (Å²) in [5, 5.41) is 6.26. The third kappa shape index (κ3) is 5.29. The molecule has 0 aliphatic heterocycles. The van der Waals surface area contributed by atoms with Crippen molar-refractivity contribution in [1.29, 1.82) is 0 Å². The highest BCUT2D eigenvalue weighted by Gasteiger charge is 2.26. The van der Waals surface area contributed by atoms with E-state index in [4.69, 9.17) is 11.6 Å². The smallest absolute Gasteiger partial charge is 0.251 e. The van der Waals surface area contributed by atoms with E-state index >= 15 is 0 Å². The third-order valence-corrected chi connectivity index (χ3v) is 4.08. The summed E-state index contributed by atoms with van der Waals surface area (Å²) in [6, 6.07) is 11.2. The molecule has 2 N–H and O–H groups in total. The molecule has 5 nitrogen and oxygen atoms in total. The van der Waals surface area contributed by atoms with Crippen molar-refractivity contribution in [2.75, 3.05) is 0 Å². The average Bonchev–Trinajstić information content (AvgIpc) is 2.60. The van der Waals surface area contributed by atoms with Gasteiger partial charge in [-0.25, -0.2) is 0 Å². The molecule has 0 saturated carbocycles. The Balaban J connectivity index is 2.05. The van der Waals surface area contributed by atoms with Crippen LogP contribution in [0.15, 0.2) is 48.7 Å². The maximum atomic E-state index is 12.6. The minimum Gasteiger partial charge on any atom is -0.346 e. The topological polar surface area (TPSA) is 71.1 Å². The van der Waals surface area contributed by atoms with Crippen LogP contribution < -0.4 is 10.6 Å². The van der Waals surface area contributed by atoms with Gasteiger partial charge in [-0.05, 0) is 49.2 Å². The van der Waals surface area contributed by atoms with Gasteiger partial charge >= 0.3 is 0 Å². The summed E-state index contributed by atoms with van der Waals surface area (Å²) in [6.45, 7) is 5.63. The van der Waals surface area contributed by atoms with Gasteiger partial charge in [0.15, 0.2) is 0 Å². The lowest BCUT2D eigenvalue weighted by molar-refractivity contribution is -0.124. The van der Waals surface area contributed by atoms with E-state index in [9.17, 15) is 9.59 Å². The highest BCUT2D eigenvalue weighted by Crippen LogP contribution is 2.12. The molecule has 0 spiro atoms. The molecule has 2 amide bonds. The standard InChI is InChI=1S/C19H22ClN3O2/c1-12(2)17(23-18(24)14-7-9-15(20)10-8-14)19(25)22-13(3)16-6-4-5-11-21-16/h4-13,17H,1-3H3,(H,22,25)(H,23,24). The first-order valence-corrected chi connectivity index (χ1v) is 8.54. The number of amides is 2. The second-order valence-electron chi connectivity index (χ2n) is 6.19. The van der Waals surface area contributed by atoms with Gasteiger partial charge in [0.25, 0.3) is 5.91 Å². The van der Waals surface area contributed by atoms with Crippen LogP contribution in [0.5, 0.6) is 0 Å². The first-order chi connectivity index (χ1) is 11.9. The van der Waals surface area contributed by atoms with Gasteiger partial charge in [-0.1, -0.05) is 31.5 Å². The van der Waals surface area contributed by atoms with Gasteiger partial charge < -0.3 is 10.6 Å². The molecule has 1 aromatic carbocycles. The maximum Gasteiger partial charge on any atom is 0.251 e. The predicted octanol–water partition coefficient (Wildman–Crippen LogP) is 3.37. The number of carbonyl (C=O) groups is 2. The van der Waals surface area contributed by atoms with Crippen LogP contribution in [-0.2, 0) is 4.79 Å².